The zero-order chi connectivity index (χ0) is 18.0. The van der Waals surface area contributed by atoms with Crippen LogP contribution in [-0.2, 0) is 4.79 Å². The number of aromatic nitrogens is 1. The number of primary amides is 1. The number of hydrogen-bond acceptors (Lipinski definition) is 6. The minimum Gasteiger partial charge on any atom is -0.480 e. The van der Waals surface area contributed by atoms with E-state index in [9.17, 15) is 9.59 Å². The number of anilines is 1. The van der Waals surface area contributed by atoms with Crippen LogP contribution in [0.3, 0.4) is 0 Å². The Hall–Kier alpha value is -2.97. The van der Waals surface area contributed by atoms with Gasteiger partial charge >= 0.3 is 5.97 Å². The highest BCUT2D eigenvalue weighted by atomic mass is 32.1. The maximum atomic E-state index is 11.7. The molecule has 3 rings (SSSR count). The number of hydrazine groups is 1. The van der Waals surface area contributed by atoms with Crippen LogP contribution in [0.5, 0.6) is 0 Å². The van der Waals surface area contributed by atoms with Crippen molar-refractivity contribution in [1.29, 1.82) is 0 Å². The van der Waals surface area contributed by atoms with Gasteiger partial charge in [-0.3, -0.25) is 9.59 Å². The van der Waals surface area contributed by atoms with Crippen molar-refractivity contribution in [1.82, 2.24) is 10.4 Å². The molecule has 5 N–H and O–H groups in total. The molecule has 0 fully saturated rings. The third-order valence-corrected chi connectivity index (χ3v) is 4.87. The molecule has 2 aromatic heterocycles. The maximum Gasteiger partial charge on any atom is 0.322 e. The van der Waals surface area contributed by atoms with Crippen LogP contribution in [0.4, 0.5) is 5.82 Å². The zero-order valence-corrected chi connectivity index (χ0v) is 14.1. The van der Waals surface area contributed by atoms with Crippen LogP contribution in [0.25, 0.3) is 20.5 Å². The number of aliphatic carboxylic acids is 1. The molecule has 1 atom stereocenters. The Bertz CT molecular complexity index is 940. The zero-order valence-electron chi connectivity index (χ0n) is 13.3. The molecule has 128 valence electrons. The lowest BCUT2D eigenvalue weighted by Crippen LogP contribution is -2.38. The first-order valence-electron chi connectivity index (χ1n) is 7.49. The van der Waals surface area contributed by atoms with Crippen LogP contribution in [0.15, 0.2) is 42.6 Å². The molecule has 3 aromatic rings. The van der Waals surface area contributed by atoms with Crippen molar-refractivity contribution < 1.29 is 14.7 Å². The molecule has 2 heterocycles. The lowest BCUT2D eigenvalue weighted by Gasteiger charge is -2.12. The Kier molecular flexibility index (Phi) is 4.64. The van der Waals surface area contributed by atoms with Gasteiger partial charge in [0.15, 0.2) is 0 Å². The Morgan fingerprint density at radius 1 is 1.28 bits per heavy atom. The highest BCUT2D eigenvalue weighted by Crippen LogP contribution is 2.37. The van der Waals surface area contributed by atoms with Gasteiger partial charge in [-0.25, -0.2) is 10.4 Å². The summed E-state index contributed by atoms with van der Waals surface area (Å²) in [5.74, 6) is -1.11. The molecule has 0 saturated carbocycles. The summed E-state index contributed by atoms with van der Waals surface area (Å²) in [5, 5.41) is 9.66. The van der Waals surface area contributed by atoms with E-state index in [2.05, 4.69) is 15.8 Å². The predicted octanol–water partition coefficient (Wildman–Crippen LogP) is 2.45. The second kappa shape index (κ2) is 6.88. The molecule has 1 aromatic carbocycles. The lowest BCUT2D eigenvalue weighted by molar-refractivity contribution is -0.138. The Balaban J connectivity index is 2.06. The van der Waals surface area contributed by atoms with E-state index in [0.29, 0.717) is 21.5 Å². The van der Waals surface area contributed by atoms with Crippen molar-refractivity contribution in [2.45, 2.75) is 13.0 Å². The topological polar surface area (TPSA) is 117 Å². The van der Waals surface area contributed by atoms with Gasteiger partial charge in [-0.1, -0.05) is 30.3 Å². The summed E-state index contributed by atoms with van der Waals surface area (Å²) in [6, 6.07) is 10.8. The number of benzene rings is 1. The lowest BCUT2D eigenvalue weighted by atomic mass is 10.1. The van der Waals surface area contributed by atoms with Gasteiger partial charge in [-0.2, -0.15) is 0 Å². The molecular weight excluding hydrogens is 340 g/mol. The van der Waals surface area contributed by atoms with Crippen LogP contribution < -0.4 is 16.6 Å². The highest BCUT2D eigenvalue weighted by Gasteiger charge is 2.17. The van der Waals surface area contributed by atoms with E-state index in [1.54, 1.807) is 0 Å². The van der Waals surface area contributed by atoms with Crippen LogP contribution in [-0.4, -0.2) is 28.0 Å². The first-order chi connectivity index (χ1) is 12.0. The predicted molar refractivity (Wildman–Crippen MR) is 97.4 cm³/mol. The molecule has 0 aliphatic heterocycles. The quantitative estimate of drug-likeness (QED) is 0.504. The number of carbonyl (C=O) groups is 2. The molecule has 0 saturated heterocycles. The van der Waals surface area contributed by atoms with Gasteiger partial charge in [0.1, 0.15) is 11.9 Å². The summed E-state index contributed by atoms with van der Waals surface area (Å²) >= 11 is 1.44. The highest BCUT2D eigenvalue weighted by molar-refractivity contribution is 7.22. The third kappa shape index (κ3) is 3.44. The van der Waals surface area contributed by atoms with E-state index in [0.717, 1.165) is 10.4 Å². The minimum atomic E-state index is -0.993. The number of fused-ring (bicyclic) bond motifs is 1. The second-order valence-corrected chi connectivity index (χ2v) is 6.49. The van der Waals surface area contributed by atoms with E-state index in [-0.39, 0.29) is 0 Å². The molecule has 0 bridgehead atoms. The first-order valence-corrected chi connectivity index (χ1v) is 8.31. The number of rotatable bonds is 6. The van der Waals surface area contributed by atoms with Gasteiger partial charge in [0.05, 0.1) is 10.3 Å². The van der Waals surface area contributed by atoms with Crippen LogP contribution in [0, 0.1) is 0 Å². The molecule has 1 amide bonds. The number of carboxylic acid groups (broad SMARTS) is 1. The van der Waals surface area contributed by atoms with Crippen molar-refractivity contribution in [3.05, 3.63) is 48.2 Å². The number of carboxylic acids is 1. The third-order valence-electron chi connectivity index (χ3n) is 3.66. The maximum absolute atomic E-state index is 11.7. The monoisotopic (exact) mass is 356 g/mol. The molecule has 0 radical (unpaired) electrons. The summed E-state index contributed by atoms with van der Waals surface area (Å²) in [6.45, 7) is 1.51. The van der Waals surface area contributed by atoms with Gasteiger partial charge in [-0.05, 0) is 18.6 Å². The number of nitrogens with zero attached hydrogens (tertiary/aromatic N) is 1. The van der Waals surface area contributed by atoms with Crippen LogP contribution in [0.1, 0.15) is 17.3 Å². The fourth-order valence-corrected chi connectivity index (χ4v) is 3.46. The van der Waals surface area contributed by atoms with Crippen LogP contribution >= 0.6 is 11.3 Å². The number of thiophene rings is 1. The molecule has 8 heteroatoms. The number of nitrogens with two attached hydrogens (primary N) is 1. The number of carbonyl (C=O) groups excluding carboxylic acids is 1. The molecule has 7 nitrogen and oxygen atoms in total. The van der Waals surface area contributed by atoms with Gasteiger partial charge < -0.3 is 16.3 Å². The minimum absolute atomic E-state index is 0.332. The molecular formula is C17H16N4O3S. The normalized spacial score (nSPS) is 12.0. The number of nitrogens with one attached hydrogen (secondary N) is 2. The van der Waals surface area contributed by atoms with Gasteiger partial charge in [0.25, 0.3) is 5.91 Å². The molecule has 25 heavy (non-hydrogen) atoms. The number of pyridine rings is 1. The standard InChI is InChI=1S/C17H16N4O3S/c1-9(17(23)24)20-21-16-11-7-13(10-5-3-2-4-6-10)25-14(11)12(8-19-16)15(18)22/h2-9,20H,1H3,(H2,18,22)(H,19,21)(H,23,24)/t9-/m1/s1. The van der Waals surface area contributed by atoms with E-state index in [1.807, 2.05) is 36.4 Å². The Labute approximate surface area is 147 Å². The van der Waals surface area contributed by atoms with Gasteiger partial charge in [-0.15, -0.1) is 11.3 Å². The van der Waals surface area contributed by atoms with E-state index in [1.165, 1.54) is 24.5 Å². The van der Waals surface area contributed by atoms with E-state index >= 15 is 0 Å². The van der Waals surface area contributed by atoms with Crippen molar-refractivity contribution in [2.75, 3.05) is 5.43 Å². The number of amides is 1. The molecule has 0 unspecified atom stereocenters. The SMILES string of the molecule is C[C@@H](NNc1ncc(C(N)=O)c2sc(-c3ccccc3)cc12)C(=O)O. The molecule has 0 spiro atoms. The summed E-state index contributed by atoms with van der Waals surface area (Å²) in [6.07, 6.45) is 1.39. The van der Waals surface area contributed by atoms with Crippen molar-refractivity contribution >= 4 is 39.1 Å². The second-order valence-electron chi connectivity index (χ2n) is 5.43. The number of hydrogen-bond donors (Lipinski definition) is 4. The van der Waals surface area contributed by atoms with Crippen molar-refractivity contribution in [3.8, 4) is 10.4 Å². The van der Waals surface area contributed by atoms with Crippen molar-refractivity contribution in [3.63, 3.8) is 0 Å². The molecule has 0 aliphatic carbocycles. The fraction of sp³-hybridized carbons (Fsp3) is 0.118. The summed E-state index contributed by atoms with van der Waals surface area (Å²) < 4.78 is 0.702. The smallest absolute Gasteiger partial charge is 0.322 e. The van der Waals surface area contributed by atoms with E-state index < -0.39 is 17.9 Å². The summed E-state index contributed by atoms with van der Waals surface area (Å²) in [5.41, 5.74) is 12.3. The average molecular weight is 356 g/mol. The van der Waals surface area contributed by atoms with Gasteiger partial charge in [0.2, 0.25) is 0 Å². The Morgan fingerprint density at radius 3 is 2.64 bits per heavy atom. The van der Waals surface area contributed by atoms with Gasteiger partial charge in [0, 0.05) is 16.5 Å². The fourth-order valence-electron chi connectivity index (χ4n) is 2.28. The van der Waals surface area contributed by atoms with Crippen LogP contribution in [0.2, 0.25) is 0 Å². The average Bonchev–Trinajstić information content (AvgIpc) is 3.05. The first kappa shape index (κ1) is 16.9. The summed E-state index contributed by atoms with van der Waals surface area (Å²) in [4.78, 5) is 27.8. The molecule has 0 aliphatic rings. The summed E-state index contributed by atoms with van der Waals surface area (Å²) in [7, 11) is 0. The largest absolute Gasteiger partial charge is 0.480 e. The Morgan fingerprint density at radius 2 is 2.00 bits per heavy atom. The van der Waals surface area contributed by atoms with E-state index in [4.69, 9.17) is 10.8 Å². The van der Waals surface area contributed by atoms with Crippen molar-refractivity contribution in [2.24, 2.45) is 5.73 Å².